The number of nitrogens with two attached hydrogens (primary N) is 1. The molecule has 3 aromatic rings. The summed E-state index contributed by atoms with van der Waals surface area (Å²) >= 11 is 0. The standard InChI is InChI=1S/C28H35F2N3O4.C7H8O3S/c1-18(2)36-28(35)32-13-10-24(11-14-32)37-23-7-5-19(6-8-23)20-3-4-21(25(30)15-20)16-26(31)27(34)33-12-9-22(29)17-33;1-6-2-4-7(5-3-6)11(8,9)10/h3-8,15,18,22,24,26H,9-14,16-17,31H2,1-2H3;2-5H,1H3,(H,8,9,10)/t22-,26-;/m0./s1. The van der Waals surface area contributed by atoms with Crippen LogP contribution in [0.2, 0.25) is 0 Å². The summed E-state index contributed by atoms with van der Waals surface area (Å²) in [7, 11) is -4.02. The van der Waals surface area contributed by atoms with E-state index in [1.165, 1.54) is 23.1 Å². The number of benzene rings is 3. The van der Waals surface area contributed by atoms with Crippen LogP contribution >= 0.6 is 0 Å². The van der Waals surface area contributed by atoms with E-state index < -0.39 is 28.1 Å². The summed E-state index contributed by atoms with van der Waals surface area (Å²) in [5.41, 5.74) is 8.84. The second kappa shape index (κ2) is 16.4. The molecule has 2 saturated heterocycles. The van der Waals surface area contributed by atoms with Gasteiger partial charge in [0.2, 0.25) is 5.91 Å². The van der Waals surface area contributed by atoms with E-state index in [-0.39, 0.29) is 42.1 Å². The van der Waals surface area contributed by atoms with Gasteiger partial charge in [-0.1, -0.05) is 42.0 Å². The molecule has 10 nitrogen and oxygen atoms in total. The molecule has 48 heavy (non-hydrogen) atoms. The van der Waals surface area contributed by atoms with Crippen molar-refractivity contribution in [2.75, 3.05) is 26.2 Å². The number of likely N-dealkylation sites (tertiary alicyclic amines) is 2. The van der Waals surface area contributed by atoms with Crippen LogP contribution in [0.15, 0.2) is 71.6 Å². The second-order valence-electron chi connectivity index (χ2n) is 12.3. The fourth-order valence-corrected chi connectivity index (χ4v) is 5.91. The molecular formula is C35H43F2N3O7S. The first-order valence-corrected chi connectivity index (χ1v) is 17.4. The van der Waals surface area contributed by atoms with Crippen molar-refractivity contribution in [3.8, 4) is 16.9 Å². The topological polar surface area (TPSA) is 139 Å². The molecule has 13 heteroatoms. The highest BCUT2D eigenvalue weighted by Gasteiger charge is 2.30. The Kier molecular flexibility index (Phi) is 12.5. The maximum atomic E-state index is 14.8. The number of alkyl halides is 1. The lowest BCUT2D eigenvalue weighted by molar-refractivity contribution is -0.131. The zero-order valence-electron chi connectivity index (χ0n) is 27.3. The molecule has 2 aliphatic heterocycles. The van der Waals surface area contributed by atoms with Gasteiger partial charge in [0.25, 0.3) is 10.1 Å². The van der Waals surface area contributed by atoms with Crippen LogP contribution in [0.3, 0.4) is 0 Å². The van der Waals surface area contributed by atoms with Crippen molar-refractivity contribution in [2.24, 2.45) is 5.73 Å². The predicted octanol–water partition coefficient (Wildman–Crippen LogP) is 5.56. The molecule has 5 rings (SSSR count). The molecule has 0 radical (unpaired) electrons. The predicted molar refractivity (Wildman–Crippen MR) is 177 cm³/mol. The van der Waals surface area contributed by atoms with Crippen molar-refractivity contribution in [1.82, 2.24) is 9.80 Å². The molecule has 2 fully saturated rings. The maximum Gasteiger partial charge on any atom is 0.410 e. The van der Waals surface area contributed by atoms with Crippen molar-refractivity contribution in [1.29, 1.82) is 0 Å². The number of halogens is 2. The molecule has 0 bridgehead atoms. The van der Waals surface area contributed by atoms with Gasteiger partial charge in [0.05, 0.1) is 23.6 Å². The third kappa shape index (κ3) is 10.5. The summed E-state index contributed by atoms with van der Waals surface area (Å²) in [4.78, 5) is 27.5. The summed E-state index contributed by atoms with van der Waals surface area (Å²) < 4.78 is 69.1. The number of ether oxygens (including phenoxy) is 2. The number of hydrogen-bond acceptors (Lipinski definition) is 7. The monoisotopic (exact) mass is 687 g/mol. The highest BCUT2D eigenvalue weighted by atomic mass is 32.2. The molecular weight excluding hydrogens is 644 g/mol. The Morgan fingerprint density at radius 3 is 2.08 bits per heavy atom. The molecule has 0 spiro atoms. The van der Waals surface area contributed by atoms with E-state index in [2.05, 4.69) is 0 Å². The molecule has 3 N–H and O–H groups in total. The van der Waals surface area contributed by atoms with Crippen LogP contribution in [-0.2, 0) is 26.1 Å². The minimum Gasteiger partial charge on any atom is -0.490 e. The van der Waals surface area contributed by atoms with Gasteiger partial charge in [-0.05, 0) is 80.6 Å². The Labute approximate surface area is 280 Å². The summed E-state index contributed by atoms with van der Waals surface area (Å²) in [6, 6.07) is 17.4. The fraction of sp³-hybridized carbons (Fsp3) is 0.429. The first-order valence-electron chi connectivity index (χ1n) is 15.9. The quantitative estimate of drug-likeness (QED) is 0.294. The van der Waals surface area contributed by atoms with Gasteiger partial charge in [-0.3, -0.25) is 9.35 Å². The Balaban J connectivity index is 0.000000401. The van der Waals surface area contributed by atoms with E-state index in [1.54, 1.807) is 29.2 Å². The first-order chi connectivity index (χ1) is 22.7. The third-order valence-corrected chi connectivity index (χ3v) is 8.97. The van der Waals surface area contributed by atoms with Gasteiger partial charge in [0, 0.05) is 32.5 Å². The number of aryl methyl sites for hydroxylation is 1. The summed E-state index contributed by atoms with van der Waals surface area (Å²) in [6.07, 6.45) is 0.380. The van der Waals surface area contributed by atoms with Gasteiger partial charge in [-0.2, -0.15) is 8.42 Å². The zero-order valence-corrected chi connectivity index (χ0v) is 28.2. The molecule has 3 aromatic carbocycles. The highest BCUT2D eigenvalue weighted by molar-refractivity contribution is 7.85. The van der Waals surface area contributed by atoms with Crippen LogP contribution < -0.4 is 10.5 Å². The van der Waals surface area contributed by atoms with E-state index in [0.29, 0.717) is 42.9 Å². The Bertz CT molecular complexity index is 1650. The van der Waals surface area contributed by atoms with E-state index in [1.807, 2.05) is 45.0 Å². The normalized spacial score (nSPS) is 17.5. The van der Waals surface area contributed by atoms with Crippen molar-refractivity contribution in [3.05, 3.63) is 83.7 Å². The largest absolute Gasteiger partial charge is 0.490 e. The van der Waals surface area contributed by atoms with Crippen molar-refractivity contribution in [3.63, 3.8) is 0 Å². The van der Waals surface area contributed by atoms with Crippen LogP contribution in [0.25, 0.3) is 11.1 Å². The van der Waals surface area contributed by atoms with Crippen LogP contribution in [0.1, 0.15) is 44.2 Å². The molecule has 2 amide bonds. The van der Waals surface area contributed by atoms with Gasteiger partial charge >= 0.3 is 6.09 Å². The number of hydrogen-bond donors (Lipinski definition) is 2. The van der Waals surface area contributed by atoms with Crippen LogP contribution in [0.4, 0.5) is 13.6 Å². The van der Waals surface area contributed by atoms with Gasteiger partial charge in [0.1, 0.15) is 23.8 Å². The smallest absolute Gasteiger partial charge is 0.410 e. The fourth-order valence-electron chi connectivity index (χ4n) is 5.43. The van der Waals surface area contributed by atoms with Crippen LogP contribution in [-0.4, -0.2) is 85.4 Å². The van der Waals surface area contributed by atoms with E-state index in [4.69, 9.17) is 19.8 Å². The number of rotatable bonds is 8. The van der Waals surface area contributed by atoms with E-state index in [0.717, 1.165) is 24.0 Å². The van der Waals surface area contributed by atoms with Crippen LogP contribution in [0.5, 0.6) is 5.75 Å². The number of amides is 2. The van der Waals surface area contributed by atoms with Gasteiger partial charge < -0.3 is 25.0 Å². The number of nitrogens with zero attached hydrogens (tertiary/aromatic N) is 2. The molecule has 0 saturated carbocycles. The summed E-state index contributed by atoms with van der Waals surface area (Å²) in [5.74, 6) is -0.0695. The Hall–Kier alpha value is -4.07. The summed E-state index contributed by atoms with van der Waals surface area (Å²) in [6.45, 7) is 7.08. The Morgan fingerprint density at radius 2 is 1.54 bits per heavy atom. The van der Waals surface area contributed by atoms with Gasteiger partial charge in [0.15, 0.2) is 0 Å². The van der Waals surface area contributed by atoms with E-state index >= 15 is 0 Å². The minimum absolute atomic E-state index is 0.00828. The van der Waals surface area contributed by atoms with Crippen molar-refractivity contribution >= 4 is 22.1 Å². The van der Waals surface area contributed by atoms with Gasteiger partial charge in [-0.25, -0.2) is 13.6 Å². The summed E-state index contributed by atoms with van der Waals surface area (Å²) in [5, 5.41) is 0. The average Bonchev–Trinajstić information content (AvgIpc) is 3.48. The highest BCUT2D eigenvalue weighted by Crippen LogP contribution is 2.27. The molecule has 0 unspecified atom stereocenters. The third-order valence-electron chi connectivity index (χ3n) is 8.10. The molecule has 2 atom stereocenters. The lowest BCUT2D eigenvalue weighted by Gasteiger charge is -2.32. The SMILES string of the molecule is CC(C)OC(=O)N1CCC(Oc2ccc(-c3ccc(C[C@H](N)C(=O)N4CC[C@H](F)C4)c(F)c3)cc2)CC1.Cc1ccc(S(=O)(=O)O)cc1. The maximum absolute atomic E-state index is 14.8. The lowest BCUT2D eigenvalue weighted by Crippen LogP contribution is -2.44. The Morgan fingerprint density at radius 1 is 0.938 bits per heavy atom. The van der Waals surface area contributed by atoms with Gasteiger partial charge in [-0.15, -0.1) is 0 Å². The molecule has 2 aliphatic rings. The first kappa shape index (κ1) is 36.8. The lowest BCUT2D eigenvalue weighted by atomic mass is 9.99. The number of carbonyl (C=O) groups excluding carboxylic acids is 2. The molecule has 0 aromatic heterocycles. The molecule has 0 aliphatic carbocycles. The number of piperidine rings is 1. The number of carbonyl (C=O) groups is 2. The molecule has 260 valence electrons. The van der Waals surface area contributed by atoms with Crippen LogP contribution in [0, 0.1) is 12.7 Å². The second-order valence-corrected chi connectivity index (χ2v) is 13.8. The zero-order chi connectivity index (χ0) is 35.0. The van der Waals surface area contributed by atoms with Crippen molar-refractivity contribution < 1.29 is 40.8 Å². The van der Waals surface area contributed by atoms with E-state index in [9.17, 15) is 26.8 Å². The van der Waals surface area contributed by atoms with Crippen molar-refractivity contribution in [2.45, 2.75) is 75.8 Å². The minimum atomic E-state index is -4.02. The average molecular weight is 688 g/mol. The molecule has 2 heterocycles.